The van der Waals surface area contributed by atoms with E-state index in [2.05, 4.69) is 57.5 Å². The normalized spacial score (nSPS) is 16.0. The Balaban J connectivity index is 2.02. The zero-order chi connectivity index (χ0) is 19.1. The molecule has 136 valence electrons. The van der Waals surface area contributed by atoms with Crippen LogP contribution in [0.25, 0.3) is 5.57 Å². The van der Waals surface area contributed by atoms with E-state index in [9.17, 15) is 4.39 Å². The summed E-state index contributed by atoms with van der Waals surface area (Å²) in [5.41, 5.74) is 6.87. The summed E-state index contributed by atoms with van der Waals surface area (Å²) in [5, 5.41) is 0. The first-order valence-electron chi connectivity index (χ1n) is 9.15. The lowest BCUT2D eigenvalue weighted by atomic mass is 9.88. The van der Waals surface area contributed by atoms with Crippen molar-refractivity contribution in [3.05, 3.63) is 64.5 Å². The van der Waals surface area contributed by atoms with E-state index in [1.54, 1.807) is 12.3 Å². The van der Waals surface area contributed by atoms with Crippen LogP contribution in [0.15, 0.2) is 41.4 Å². The number of hydrogen-bond acceptors (Lipinski definition) is 2. The highest BCUT2D eigenvalue weighted by Crippen LogP contribution is 2.39. The summed E-state index contributed by atoms with van der Waals surface area (Å²) in [6.45, 7) is 13.5. The number of rotatable bonds is 3. The zero-order valence-corrected chi connectivity index (χ0v) is 16.5. The molecule has 0 spiro atoms. The van der Waals surface area contributed by atoms with Crippen molar-refractivity contribution >= 4 is 23.2 Å². The van der Waals surface area contributed by atoms with Crippen molar-refractivity contribution in [2.45, 2.75) is 47.1 Å². The third kappa shape index (κ3) is 3.31. The number of hydrogen-bond donors (Lipinski definition) is 0. The fraction of sp³-hybridized carbons (Fsp3) is 0.348. The van der Waals surface area contributed by atoms with E-state index in [1.165, 1.54) is 16.7 Å². The number of anilines is 1. The first-order valence-corrected chi connectivity index (χ1v) is 9.15. The number of aliphatic imine (C=N–C) groups is 1. The van der Waals surface area contributed by atoms with Crippen molar-refractivity contribution in [1.29, 1.82) is 0 Å². The summed E-state index contributed by atoms with van der Waals surface area (Å²) >= 11 is 0. The van der Waals surface area contributed by atoms with Crippen LogP contribution in [0, 0.1) is 19.7 Å². The fourth-order valence-corrected chi connectivity index (χ4v) is 3.74. The van der Waals surface area contributed by atoms with Gasteiger partial charge >= 0.3 is 0 Å². The molecule has 0 N–H and O–H groups in total. The van der Waals surface area contributed by atoms with Crippen molar-refractivity contribution in [2.75, 3.05) is 11.4 Å². The molecule has 0 aliphatic carbocycles. The van der Waals surface area contributed by atoms with Gasteiger partial charge in [-0.25, -0.2) is 4.39 Å². The highest BCUT2D eigenvalue weighted by atomic mass is 19.1. The molecule has 0 amide bonds. The Morgan fingerprint density at radius 3 is 2.46 bits per heavy atom. The molecule has 0 unspecified atom stereocenters. The van der Waals surface area contributed by atoms with Crippen molar-refractivity contribution in [2.24, 2.45) is 4.99 Å². The minimum absolute atomic E-state index is 0.118. The van der Waals surface area contributed by atoms with Crippen molar-refractivity contribution < 1.29 is 4.39 Å². The number of allylic oxidation sites excluding steroid dienone is 1. The Hall–Kier alpha value is -2.42. The van der Waals surface area contributed by atoms with Crippen LogP contribution in [0.5, 0.6) is 0 Å². The summed E-state index contributed by atoms with van der Waals surface area (Å²) in [6.07, 6.45) is 3.88. The largest absolute Gasteiger partial charge is 0.363 e. The molecule has 1 heterocycles. The topological polar surface area (TPSA) is 15.6 Å². The van der Waals surface area contributed by atoms with Gasteiger partial charge in [0.15, 0.2) is 0 Å². The van der Waals surface area contributed by atoms with E-state index in [1.807, 2.05) is 24.3 Å². The maximum atomic E-state index is 14.8. The average Bonchev–Trinajstić information content (AvgIpc) is 2.56. The second kappa shape index (κ2) is 6.71. The lowest BCUT2D eigenvalue weighted by Crippen LogP contribution is -2.45. The van der Waals surface area contributed by atoms with Gasteiger partial charge in [0, 0.05) is 29.6 Å². The second-order valence-electron chi connectivity index (χ2n) is 7.64. The second-order valence-corrected chi connectivity index (χ2v) is 7.64. The first-order chi connectivity index (χ1) is 12.2. The van der Waals surface area contributed by atoms with Crippen molar-refractivity contribution in [1.82, 2.24) is 0 Å². The van der Waals surface area contributed by atoms with Gasteiger partial charge < -0.3 is 4.90 Å². The SMILES string of the molecule is CCN1c2cc(F)c(C=Nc3ccc(C)c(C)c3)cc2C(C)=CC1(C)C. The molecule has 26 heavy (non-hydrogen) atoms. The number of halogens is 1. The summed E-state index contributed by atoms with van der Waals surface area (Å²) in [7, 11) is 0. The third-order valence-electron chi connectivity index (χ3n) is 5.26. The van der Waals surface area contributed by atoms with E-state index in [4.69, 9.17) is 0 Å². The molecule has 1 aliphatic heterocycles. The van der Waals surface area contributed by atoms with Gasteiger partial charge in [-0.2, -0.15) is 0 Å². The van der Waals surface area contributed by atoms with E-state index >= 15 is 0 Å². The molecule has 0 radical (unpaired) electrons. The van der Waals surface area contributed by atoms with E-state index in [0.29, 0.717) is 5.56 Å². The van der Waals surface area contributed by atoms with Gasteiger partial charge in [0.2, 0.25) is 0 Å². The number of likely N-dealkylation sites (N-methyl/N-ethyl adjacent to an activating group) is 1. The van der Waals surface area contributed by atoms with Crippen LogP contribution in [0.1, 0.15) is 49.9 Å². The van der Waals surface area contributed by atoms with Crippen LogP contribution < -0.4 is 4.90 Å². The maximum absolute atomic E-state index is 14.8. The number of nitrogens with zero attached hydrogens (tertiary/aromatic N) is 2. The van der Waals surface area contributed by atoms with Gasteiger partial charge in [-0.15, -0.1) is 0 Å². The van der Waals surface area contributed by atoms with Gasteiger partial charge in [0.25, 0.3) is 0 Å². The minimum Gasteiger partial charge on any atom is -0.363 e. The molecule has 0 saturated heterocycles. The van der Waals surface area contributed by atoms with E-state index in [-0.39, 0.29) is 11.4 Å². The lowest BCUT2D eigenvalue weighted by Gasteiger charge is -2.42. The molecule has 0 aromatic heterocycles. The van der Waals surface area contributed by atoms with Crippen LogP contribution in [0.4, 0.5) is 15.8 Å². The summed E-state index contributed by atoms with van der Waals surface area (Å²) in [5.74, 6) is -0.236. The predicted octanol–water partition coefficient (Wildman–Crippen LogP) is 6.21. The molecule has 2 nitrogen and oxygen atoms in total. The smallest absolute Gasteiger partial charge is 0.134 e. The minimum atomic E-state index is -0.236. The van der Waals surface area contributed by atoms with Crippen LogP contribution in [0.2, 0.25) is 0 Å². The van der Waals surface area contributed by atoms with Crippen LogP contribution in [-0.2, 0) is 0 Å². The predicted molar refractivity (Wildman–Crippen MR) is 110 cm³/mol. The Bertz CT molecular complexity index is 907. The molecule has 2 aromatic carbocycles. The summed E-state index contributed by atoms with van der Waals surface area (Å²) in [4.78, 5) is 6.72. The summed E-state index contributed by atoms with van der Waals surface area (Å²) in [6, 6.07) is 9.59. The maximum Gasteiger partial charge on any atom is 0.134 e. The molecule has 3 heteroatoms. The Kier molecular flexibility index (Phi) is 4.74. The zero-order valence-electron chi connectivity index (χ0n) is 16.5. The standard InChI is InChI=1S/C23H27FN2/c1-7-26-22-12-21(24)18(11-20(22)17(4)13-23(26,5)6)14-25-19-9-8-15(2)16(3)10-19/h8-14H,7H2,1-6H3. The van der Waals surface area contributed by atoms with Gasteiger partial charge in [-0.05, 0) is 82.5 Å². The molecule has 0 saturated carbocycles. The van der Waals surface area contributed by atoms with Gasteiger partial charge in [-0.1, -0.05) is 12.1 Å². The highest BCUT2D eigenvalue weighted by Gasteiger charge is 2.30. The number of fused-ring (bicyclic) bond motifs is 1. The van der Waals surface area contributed by atoms with Gasteiger partial charge in [0.1, 0.15) is 5.82 Å². The highest BCUT2D eigenvalue weighted by molar-refractivity contribution is 5.89. The lowest BCUT2D eigenvalue weighted by molar-refractivity contribution is 0.561. The first kappa shape index (κ1) is 18.4. The Morgan fingerprint density at radius 2 is 1.81 bits per heavy atom. The van der Waals surface area contributed by atoms with Crippen molar-refractivity contribution in [3.8, 4) is 0 Å². The fourth-order valence-electron chi connectivity index (χ4n) is 3.74. The van der Waals surface area contributed by atoms with Crippen molar-refractivity contribution in [3.63, 3.8) is 0 Å². The molecule has 0 fully saturated rings. The molecule has 0 bridgehead atoms. The van der Waals surface area contributed by atoms with E-state index < -0.39 is 0 Å². The molecular weight excluding hydrogens is 323 g/mol. The molecule has 2 aromatic rings. The third-order valence-corrected chi connectivity index (χ3v) is 5.26. The van der Waals surface area contributed by atoms with Crippen LogP contribution in [0.3, 0.4) is 0 Å². The average molecular weight is 350 g/mol. The molecule has 1 aliphatic rings. The Morgan fingerprint density at radius 1 is 1.08 bits per heavy atom. The van der Waals surface area contributed by atoms with Gasteiger partial charge in [0.05, 0.1) is 11.2 Å². The monoisotopic (exact) mass is 350 g/mol. The number of aryl methyl sites for hydroxylation is 2. The summed E-state index contributed by atoms with van der Waals surface area (Å²) < 4.78 is 14.8. The van der Waals surface area contributed by atoms with E-state index in [0.717, 1.165) is 23.5 Å². The molecule has 0 atom stereocenters. The Labute approximate surface area is 156 Å². The van der Waals surface area contributed by atoms with Crippen LogP contribution in [-0.4, -0.2) is 18.3 Å². The van der Waals surface area contributed by atoms with Gasteiger partial charge in [-0.3, -0.25) is 4.99 Å². The molecule has 3 rings (SSSR count). The molecular formula is C23H27FN2. The number of benzene rings is 2. The quantitative estimate of drug-likeness (QED) is 0.600. The van der Waals surface area contributed by atoms with Crippen LogP contribution >= 0.6 is 0 Å².